The molecule has 0 saturated heterocycles. The maximum absolute atomic E-state index is 6.09. The molecule has 0 spiro atoms. The molecule has 2 aromatic carbocycles. The van der Waals surface area contributed by atoms with Gasteiger partial charge in [0, 0.05) is 16.1 Å². The Morgan fingerprint density at radius 3 is 2.58 bits per heavy atom. The molecule has 0 atom stereocenters. The van der Waals surface area contributed by atoms with Gasteiger partial charge in [0.25, 0.3) is 0 Å². The summed E-state index contributed by atoms with van der Waals surface area (Å²) in [4.78, 5) is 4.91. The smallest absolute Gasteiger partial charge is 0.159 e. The Hall–Kier alpha value is -2.46. The highest BCUT2D eigenvalue weighted by Gasteiger charge is 2.25. The molecular weight excluding hydrogens is 344 g/mol. The molecular formula is C21H19ClN4. The Kier molecular flexibility index (Phi) is 3.68. The van der Waals surface area contributed by atoms with Crippen molar-refractivity contribution in [2.45, 2.75) is 38.6 Å². The molecule has 4 nitrogen and oxygen atoms in total. The first-order valence-electron chi connectivity index (χ1n) is 9.06. The van der Waals surface area contributed by atoms with E-state index < -0.39 is 0 Å². The third kappa shape index (κ3) is 2.48. The maximum Gasteiger partial charge on any atom is 0.159 e. The van der Waals surface area contributed by atoms with E-state index >= 15 is 0 Å². The van der Waals surface area contributed by atoms with E-state index in [1.165, 1.54) is 24.8 Å². The number of fused-ring (bicyclic) bond motifs is 3. The molecule has 5 rings (SSSR count). The number of aryl methyl sites for hydroxylation is 1. The molecule has 3 aromatic rings. The fourth-order valence-electron chi connectivity index (χ4n) is 3.85. The van der Waals surface area contributed by atoms with Crippen molar-refractivity contribution in [3.63, 3.8) is 0 Å². The van der Waals surface area contributed by atoms with E-state index in [4.69, 9.17) is 16.6 Å². The highest BCUT2D eigenvalue weighted by atomic mass is 35.5. The van der Waals surface area contributed by atoms with Crippen LogP contribution < -0.4 is 0 Å². The summed E-state index contributed by atoms with van der Waals surface area (Å²) in [6, 6.07) is 14.7. The molecule has 1 aliphatic heterocycles. The molecule has 1 aliphatic carbocycles. The second-order valence-electron chi connectivity index (χ2n) is 7.07. The lowest BCUT2D eigenvalue weighted by Crippen LogP contribution is -2.13. The summed E-state index contributed by atoms with van der Waals surface area (Å²) in [6.07, 6.45) is 3.89. The Bertz CT molecular complexity index is 1010. The summed E-state index contributed by atoms with van der Waals surface area (Å²) in [7, 11) is 0. The molecule has 2 aliphatic rings. The molecule has 26 heavy (non-hydrogen) atoms. The number of nitrogens with zero attached hydrogens (tertiary/aromatic N) is 4. The third-order valence-electron chi connectivity index (χ3n) is 5.48. The highest BCUT2D eigenvalue weighted by Crippen LogP contribution is 2.38. The molecule has 130 valence electrons. The molecule has 1 fully saturated rings. The minimum Gasteiger partial charge on any atom is -0.281 e. The largest absolute Gasteiger partial charge is 0.281 e. The predicted molar refractivity (Wildman–Crippen MR) is 103 cm³/mol. The van der Waals surface area contributed by atoms with E-state index in [0.717, 1.165) is 39.2 Å². The van der Waals surface area contributed by atoms with Gasteiger partial charge in [0.15, 0.2) is 5.82 Å². The van der Waals surface area contributed by atoms with E-state index in [9.17, 15) is 0 Å². The average molecular weight is 363 g/mol. The van der Waals surface area contributed by atoms with Gasteiger partial charge in [-0.15, -0.1) is 10.2 Å². The number of hydrogen-bond acceptors (Lipinski definition) is 3. The Morgan fingerprint density at radius 1 is 1.04 bits per heavy atom. The Morgan fingerprint density at radius 2 is 1.85 bits per heavy atom. The van der Waals surface area contributed by atoms with Crippen LogP contribution in [0.15, 0.2) is 47.5 Å². The monoisotopic (exact) mass is 362 g/mol. The minimum absolute atomic E-state index is 0.520. The zero-order valence-electron chi connectivity index (χ0n) is 14.6. The second kappa shape index (κ2) is 6.06. The van der Waals surface area contributed by atoms with Gasteiger partial charge in [-0.3, -0.25) is 9.56 Å². The van der Waals surface area contributed by atoms with Crippen molar-refractivity contribution in [3.05, 3.63) is 75.8 Å². The first-order valence-corrected chi connectivity index (χ1v) is 9.44. The quantitative estimate of drug-likeness (QED) is 0.654. The van der Waals surface area contributed by atoms with E-state index in [2.05, 4.69) is 33.0 Å². The van der Waals surface area contributed by atoms with Gasteiger partial charge in [-0.05, 0) is 55.5 Å². The van der Waals surface area contributed by atoms with Crippen molar-refractivity contribution in [3.8, 4) is 5.69 Å². The van der Waals surface area contributed by atoms with Crippen molar-refractivity contribution >= 4 is 17.3 Å². The van der Waals surface area contributed by atoms with Crippen LogP contribution in [-0.4, -0.2) is 20.5 Å². The lowest BCUT2D eigenvalue weighted by Gasteiger charge is -2.27. The SMILES string of the molecule is Cc1nnc2n1-c1ccc(C3CCC3)cc1C(c1ccc(Cl)cc1)=NC2. The highest BCUT2D eigenvalue weighted by molar-refractivity contribution is 6.30. The van der Waals surface area contributed by atoms with Gasteiger partial charge in [0.1, 0.15) is 12.4 Å². The number of hydrogen-bond donors (Lipinski definition) is 0. The summed E-state index contributed by atoms with van der Waals surface area (Å²) >= 11 is 6.09. The Labute approximate surface area is 157 Å². The van der Waals surface area contributed by atoms with Crippen molar-refractivity contribution in [1.82, 2.24) is 14.8 Å². The maximum atomic E-state index is 6.09. The number of rotatable bonds is 2. The van der Waals surface area contributed by atoms with Crippen molar-refractivity contribution < 1.29 is 0 Å². The summed E-state index contributed by atoms with van der Waals surface area (Å²) in [5.74, 6) is 2.45. The molecule has 0 N–H and O–H groups in total. The molecule has 0 radical (unpaired) electrons. The van der Waals surface area contributed by atoms with Gasteiger partial charge in [-0.25, -0.2) is 0 Å². The van der Waals surface area contributed by atoms with E-state index in [-0.39, 0.29) is 0 Å². The first kappa shape index (κ1) is 15.8. The van der Waals surface area contributed by atoms with Crippen LogP contribution in [-0.2, 0) is 6.54 Å². The van der Waals surface area contributed by atoms with Gasteiger partial charge >= 0.3 is 0 Å². The normalized spacial score (nSPS) is 16.3. The van der Waals surface area contributed by atoms with E-state index in [1.54, 1.807) is 0 Å². The predicted octanol–water partition coefficient (Wildman–Crippen LogP) is 4.85. The lowest BCUT2D eigenvalue weighted by atomic mass is 9.79. The first-order chi connectivity index (χ1) is 12.7. The minimum atomic E-state index is 0.520. The van der Waals surface area contributed by atoms with Crippen LogP contribution in [0.25, 0.3) is 5.69 Å². The summed E-state index contributed by atoms with van der Waals surface area (Å²) < 4.78 is 2.13. The zero-order chi connectivity index (χ0) is 17.7. The zero-order valence-corrected chi connectivity index (χ0v) is 15.4. The Balaban J connectivity index is 1.72. The lowest BCUT2D eigenvalue weighted by molar-refractivity contribution is 0.419. The van der Waals surface area contributed by atoms with Gasteiger partial charge in [-0.2, -0.15) is 0 Å². The summed E-state index contributed by atoms with van der Waals surface area (Å²) in [5, 5.41) is 9.32. The average Bonchev–Trinajstić information content (AvgIpc) is 2.87. The van der Waals surface area contributed by atoms with E-state index in [1.807, 2.05) is 31.2 Å². The van der Waals surface area contributed by atoms with Crippen molar-refractivity contribution in [1.29, 1.82) is 0 Å². The van der Waals surface area contributed by atoms with Gasteiger partial charge in [0.2, 0.25) is 0 Å². The molecule has 0 amide bonds. The fraction of sp³-hybridized carbons (Fsp3) is 0.286. The van der Waals surface area contributed by atoms with Crippen LogP contribution in [0.4, 0.5) is 0 Å². The topological polar surface area (TPSA) is 43.1 Å². The summed E-state index contributed by atoms with van der Waals surface area (Å²) in [6.45, 7) is 2.51. The molecule has 1 aromatic heterocycles. The van der Waals surface area contributed by atoms with Gasteiger partial charge in [-0.1, -0.05) is 36.2 Å². The van der Waals surface area contributed by atoms with Gasteiger partial charge in [0.05, 0.1) is 11.4 Å². The van der Waals surface area contributed by atoms with Crippen LogP contribution in [0.2, 0.25) is 5.02 Å². The fourth-order valence-corrected chi connectivity index (χ4v) is 3.97. The van der Waals surface area contributed by atoms with Crippen LogP contribution >= 0.6 is 11.6 Å². The van der Waals surface area contributed by atoms with Crippen LogP contribution in [0, 0.1) is 6.92 Å². The summed E-state index contributed by atoms with van der Waals surface area (Å²) in [5.41, 5.74) is 5.75. The van der Waals surface area contributed by atoms with Crippen LogP contribution in [0.3, 0.4) is 0 Å². The number of aromatic nitrogens is 3. The molecule has 5 heteroatoms. The molecule has 2 heterocycles. The van der Waals surface area contributed by atoms with Crippen molar-refractivity contribution in [2.75, 3.05) is 0 Å². The molecule has 0 unspecified atom stereocenters. The standard InChI is InChI=1S/C21H19ClN4/c1-13-24-25-20-12-23-21(15-5-8-17(22)9-6-15)18-11-16(14-3-2-4-14)7-10-19(18)26(13)20/h5-11,14H,2-4,12H2,1H3. The number of aliphatic imine (C=N–C) groups is 1. The van der Waals surface area contributed by atoms with Crippen LogP contribution in [0.5, 0.6) is 0 Å². The second-order valence-corrected chi connectivity index (χ2v) is 7.51. The van der Waals surface area contributed by atoms with Crippen molar-refractivity contribution in [2.24, 2.45) is 4.99 Å². The van der Waals surface area contributed by atoms with Crippen LogP contribution in [0.1, 0.15) is 53.5 Å². The van der Waals surface area contributed by atoms with E-state index in [0.29, 0.717) is 12.5 Å². The number of benzene rings is 2. The molecule has 0 bridgehead atoms. The third-order valence-corrected chi connectivity index (χ3v) is 5.73. The number of halogens is 1. The van der Waals surface area contributed by atoms with Gasteiger partial charge < -0.3 is 0 Å². The molecule has 1 saturated carbocycles.